The van der Waals surface area contributed by atoms with Crippen molar-refractivity contribution in [2.75, 3.05) is 19.8 Å². The van der Waals surface area contributed by atoms with Gasteiger partial charge in [-0.25, -0.2) is 0 Å². The monoisotopic (exact) mass is 226 g/mol. The molecule has 0 bridgehead atoms. The van der Waals surface area contributed by atoms with Gasteiger partial charge >= 0.3 is 0 Å². The van der Waals surface area contributed by atoms with Crippen LogP contribution in [0.4, 0.5) is 0 Å². The van der Waals surface area contributed by atoms with Gasteiger partial charge in [0, 0.05) is 6.61 Å². The molecule has 0 aliphatic carbocycles. The van der Waals surface area contributed by atoms with E-state index in [1.807, 2.05) is 6.92 Å². The minimum atomic E-state index is -0.738. The van der Waals surface area contributed by atoms with Crippen molar-refractivity contribution in [3.63, 3.8) is 0 Å². The van der Waals surface area contributed by atoms with Gasteiger partial charge in [0.05, 0.1) is 12.6 Å². The number of carbonyl (C=O) groups excluding carboxylic acids is 2. The lowest BCUT2D eigenvalue weighted by molar-refractivity contribution is -0.151. The van der Waals surface area contributed by atoms with E-state index < -0.39 is 5.54 Å². The van der Waals surface area contributed by atoms with Crippen LogP contribution in [0.5, 0.6) is 0 Å². The standard InChI is InChI=1S/C11H18N2O3/c1-3-11(2)10(15)13(6-9(14)12-11)8-4-5-16-7-8/h8H,3-7H2,1-2H3,(H,12,14). The molecular weight excluding hydrogens is 208 g/mol. The summed E-state index contributed by atoms with van der Waals surface area (Å²) in [4.78, 5) is 25.5. The molecular formula is C11H18N2O3. The number of amides is 2. The molecule has 0 aromatic rings. The molecule has 5 heteroatoms. The average molecular weight is 226 g/mol. The first kappa shape index (κ1) is 11.4. The predicted octanol–water partition coefficient (Wildman–Crippen LogP) is -0.0976. The third-order valence-corrected chi connectivity index (χ3v) is 3.52. The first-order valence-electron chi connectivity index (χ1n) is 5.76. The fourth-order valence-corrected chi connectivity index (χ4v) is 2.25. The van der Waals surface area contributed by atoms with Crippen molar-refractivity contribution in [2.24, 2.45) is 0 Å². The van der Waals surface area contributed by atoms with E-state index in [4.69, 9.17) is 4.74 Å². The van der Waals surface area contributed by atoms with Crippen LogP contribution in [-0.2, 0) is 14.3 Å². The zero-order valence-corrected chi connectivity index (χ0v) is 9.78. The van der Waals surface area contributed by atoms with Crippen molar-refractivity contribution in [2.45, 2.75) is 38.3 Å². The van der Waals surface area contributed by atoms with Crippen LogP contribution in [0.2, 0.25) is 0 Å². The second kappa shape index (κ2) is 4.05. The van der Waals surface area contributed by atoms with Gasteiger partial charge in [-0.2, -0.15) is 0 Å². The maximum absolute atomic E-state index is 12.3. The molecule has 0 aromatic carbocycles. The van der Waals surface area contributed by atoms with Gasteiger partial charge in [0.1, 0.15) is 12.1 Å². The Kier molecular flexibility index (Phi) is 2.88. The summed E-state index contributed by atoms with van der Waals surface area (Å²) in [6.45, 7) is 5.10. The molecule has 0 aromatic heterocycles. The van der Waals surface area contributed by atoms with Crippen LogP contribution < -0.4 is 5.32 Å². The maximum Gasteiger partial charge on any atom is 0.248 e. The number of nitrogens with zero attached hydrogens (tertiary/aromatic N) is 1. The van der Waals surface area contributed by atoms with Gasteiger partial charge in [0.2, 0.25) is 11.8 Å². The topological polar surface area (TPSA) is 58.6 Å². The Labute approximate surface area is 95.1 Å². The number of nitrogens with one attached hydrogen (secondary N) is 1. The summed E-state index contributed by atoms with van der Waals surface area (Å²) in [6, 6.07) is 0.0735. The molecule has 16 heavy (non-hydrogen) atoms. The van der Waals surface area contributed by atoms with Crippen molar-refractivity contribution in [3.8, 4) is 0 Å². The van der Waals surface area contributed by atoms with Crippen LogP contribution in [0.25, 0.3) is 0 Å². The summed E-state index contributed by atoms with van der Waals surface area (Å²) in [7, 11) is 0. The first-order chi connectivity index (χ1) is 7.57. The molecule has 2 fully saturated rings. The van der Waals surface area contributed by atoms with Crippen molar-refractivity contribution in [1.29, 1.82) is 0 Å². The average Bonchev–Trinajstić information content (AvgIpc) is 2.76. The molecule has 0 radical (unpaired) electrons. The zero-order chi connectivity index (χ0) is 11.8. The number of hydrogen-bond acceptors (Lipinski definition) is 3. The van der Waals surface area contributed by atoms with E-state index >= 15 is 0 Å². The quantitative estimate of drug-likeness (QED) is 0.715. The van der Waals surface area contributed by atoms with Crippen LogP contribution >= 0.6 is 0 Å². The summed E-state index contributed by atoms with van der Waals surface area (Å²) in [5.74, 6) is -0.0547. The van der Waals surface area contributed by atoms with E-state index in [0.717, 1.165) is 6.42 Å². The van der Waals surface area contributed by atoms with E-state index in [9.17, 15) is 9.59 Å². The van der Waals surface area contributed by atoms with Gasteiger partial charge in [0.15, 0.2) is 0 Å². The minimum Gasteiger partial charge on any atom is -0.379 e. The Bertz CT molecular complexity index is 312. The van der Waals surface area contributed by atoms with Gasteiger partial charge in [-0.05, 0) is 19.8 Å². The third-order valence-electron chi connectivity index (χ3n) is 3.52. The minimum absolute atomic E-state index is 0.0186. The highest BCUT2D eigenvalue weighted by Gasteiger charge is 2.44. The second-order valence-electron chi connectivity index (χ2n) is 4.68. The van der Waals surface area contributed by atoms with Gasteiger partial charge in [-0.1, -0.05) is 6.92 Å². The molecule has 2 atom stereocenters. The molecule has 2 unspecified atom stereocenters. The molecule has 2 rings (SSSR count). The molecule has 2 saturated heterocycles. The van der Waals surface area contributed by atoms with Gasteiger partial charge in [-0.3, -0.25) is 9.59 Å². The normalized spacial score (nSPS) is 35.4. The van der Waals surface area contributed by atoms with Crippen LogP contribution in [0.1, 0.15) is 26.7 Å². The molecule has 90 valence electrons. The van der Waals surface area contributed by atoms with Gasteiger partial charge < -0.3 is 15.0 Å². The summed E-state index contributed by atoms with van der Waals surface area (Å²) < 4.78 is 5.27. The second-order valence-corrected chi connectivity index (χ2v) is 4.68. The summed E-state index contributed by atoms with van der Waals surface area (Å²) in [6.07, 6.45) is 1.44. The smallest absolute Gasteiger partial charge is 0.248 e. The Morgan fingerprint density at radius 1 is 1.56 bits per heavy atom. The molecule has 1 N–H and O–H groups in total. The number of rotatable bonds is 2. The van der Waals surface area contributed by atoms with E-state index in [1.54, 1.807) is 11.8 Å². The predicted molar refractivity (Wildman–Crippen MR) is 57.8 cm³/mol. The van der Waals surface area contributed by atoms with Gasteiger partial charge in [0.25, 0.3) is 0 Å². The van der Waals surface area contributed by atoms with Crippen LogP contribution in [0, 0.1) is 0 Å². The Morgan fingerprint density at radius 3 is 2.88 bits per heavy atom. The van der Waals surface area contributed by atoms with Crippen LogP contribution in [-0.4, -0.2) is 48.1 Å². The largest absolute Gasteiger partial charge is 0.379 e. The lowest BCUT2D eigenvalue weighted by Gasteiger charge is -2.41. The number of hydrogen-bond donors (Lipinski definition) is 1. The van der Waals surface area contributed by atoms with Crippen LogP contribution in [0.3, 0.4) is 0 Å². The van der Waals surface area contributed by atoms with Gasteiger partial charge in [-0.15, -0.1) is 0 Å². The summed E-state index contributed by atoms with van der Waals surface area (Å²) in [5.41, 5.74) is -0.738. The number of piperazine rings is 1. The summed E-state index contributed by atoms with van der Waals surface area (Å²) >= 11 is 0. The molecule has 5 nitrogen and oxygen atoms in total. The Morgan fingerprint density at radius 2 is 2.31 bits per heavy atom. The fourth-order valence-electron chi connectivity index (χ4n) is 2.25. The molecule has 0 spiro atoms. The lowest BCUT2D eigenvalue weighted by Crippen LogP contribution is -2.66. The molecule has 0 saturated carbocycles. The Balaban J connectivity index is 2.18. The third kappa shape index (κ3) is 1.80. The van der Waals surface area contributed by atoms with Crippen molar-refractivity contribution in [3.05, 3.63) is 0 Å². The fraction of sp³-hybridized carbons (Fsp3) is 0.818. The number of ether oxygens (including phenoxy) is 1. The zero-order valence-electron chi connectivity index (χ0n) is 9.78. The van der Waals surface area contributed by atoms with E-state index in [2.05, 4.69) is 5.32 Å². The molecule has 2 heterocycles. The van der Waals surface area contributed by atoms with Crippen molar-refractivity contribution >= 4 is 11.8 Å². The highest BCUT2D eigenvalue weighted by molar-refractivity contribution is 5.97. The number of carbonyl (C=O) groups is 2. The lowest BCUT2D eigenvalue weighted by atomic mass is 9.93. The van der Waals surface area contributed by atoms with Crippen LogP contribution in [0.15, 0.2) is 0 Å². The van der Waals surface area contributed by atoms with Crippen molar-refractivity contribution < 1.29 is 14.3 Å². The molecule has 2 aliphatic rings. The van der Waals surface area contributed by atoms with E-state index in [-0.39, 0.29) is 24.4 Å². The molecule has 2 aliphatic heterocycles. The summed E-state index contributed by atoms with van der Waals surface area (Å²) in [5, 5.41) is 2.77. The van der Waals surface area contributed by atoms with E-state index in [1.165, 1.54) is 0 Å². The first-order valence-corrected chi connectivity index (χ1v) is 5.76. The van der Waals surface area contributed by atoms with E-state index in [0.29, 0.717) is 19.6 Å². The highest BCUT2D eigenvalue weighted by atomic mass is 16.5. The highest BCUT2D eigenvalue weighted by Crippen LogP contribution is 2.22. The van der Waals surface area contributed by atoms with Crippen molar-refractivity contribution in [1.82, 2.24) is 10.2 Å². The SMILES string of the molecule is CCC1(C)NC(=O)CN(C2CCOC2)C1=O. The maximum atomic E-state index is 12.3. The Hall–Kier alpha value is -1.10. The molecule has 2 amide bonds.